The first-order valence-electron chi connectivity index (χ1n) is 5.61. The van der Waals surface area contributed by atoms with E-state index < -0.39 is 0 Å². The lowest BCUT2D eigenvalue weighted by atomic mass is 9.93. The Hall–Kier alpha value is -1.53. The average Bonchev–Trinajstić information content (AvgIpc) is 2.35. The predicted octanol–water partition coefficient (Wildman–Crippen LogP) is 2.86. The van der Waals surface area contributed by atoms with Crippen molar-refractivity contribution in [2.45, 2.75) is 5.92 Å². The zero-order valence-corrected chi connectivity index (χ0v) is 10.8. The molecule has 0 aliphatic heterocycles. The summed E-state index contributed by atoms with van der Waals surface area (Å²) in [4.78, 5) is 0. The molecule has 1 unspecified atom stereocenters. The van der Waals surface area contributed by atoms with Gasteiger partial charge in [-0.3, -0.25) is 0 Å². The summed E-state index contributed by atoms with van der Waals surface area (Å²) in [5.41, 5.74) is 15.6. The van der Waals surface area contributed by atoms with E-state index in [1.807, 2.05) is 24.3 Å². The van der Waals surface area contributed by atoms with Crippen molar-refractivity contribution in [1.29, 1.82) is 0 Å². The van der Waals surface area contributed by atoms with E-state index in [0.717, 1.165) is 17.5 Å². The van der Waals surface area contributed by atoms with E-state index >= 15 is 0 Å². The molecular weight excluding hydrogens is 227 g/mol. The summed E-state index contributed by atoms with van der Waals surface area (Å²) in [7, 11) is 2.80. The summed E-state index contributed by atoms with van der Waals surface area (Å²) < 4.78 is 0. The fourth-order valence-corrected chi connectivity index (χ4v) is 2.47. The lowest BCUT2D eigenvalue weighted by Crippen LogP contribution is -2.02. The summed E-state index contributed by atoms with van der Waals surface area (Å²) in [5.74, 6) is 0.376. The quantitative estimate of drug-likeness (QED) is 0.644. The molecule has 0 spiro atoms. The third-order valence-electron chi connectivity index (χ3n) is 2.91. The molecule has 2 rings (SSSR count). The fraction of sp³-hybridized carbons (Fsp3) is 0.143. The van der Waals surface area contributed by atoms with Crippen molar-refractivity contribution in [3.63, 3.8) is 0 Å². The molecule has 0 radical (unpaired) electrons. The molecule has 0 aliphatic carbocycles. The zero-order valence-electron chi connectivity index (χ0n) is 9.64. The molecule has 2 aromatic carbocycles. The number of nitrogen functional groups attached to an aromatic ring is 2. The van der Waals surface area contributed by atoms with Crippen LogP contribution in [0.25, 0.3) is 0 Å². The Bertz CT molecular complexity index is 431. The molecule has 0 aliphatic rings. The molecule has 4 N–H and O–H groups in total. The van der Waals surface area contributed by atoms with Gasteiger partial charge in [0.1, 0.15) is 0 Å². The molecular formula is C14H17N2P. The first-order chi connectivity index (χ1) is 8.20. The number of benzene rings is 2. The van der Waals surface area contributed by atoms with Gasteiger partial charge >= 0.3 is 0 Å². The van der Waals surface area contributed by atoms with Crippen molar-refractivity contribution in [3.05, 3.63) is 59.7 Å². The van der Waals surface area contributed by atoms with Gasteiger partial charge in [-0.05, 0) is 41.6 Å². The summed E-state index contributed by atoms with van der Waals surface area (Å²) in [5, 5.41) is 0. The molecule has 0 amide bonds. The molecule has 3 heteroatoms. The monoisotopic (exact) mass is 244 g/mol. The fourth-order valence-electron chi connectivity index (χ4n) is 1.92. The largest absolute Gasteiger partial charge is 0.399 e. The van der Waals surface area contributed by atoms with Gasteiger partial charge in [-0.15, -0.1) is 9.24 Å². The third-order valence-corrected chi connectivity index (χ3v) is 3.38. The van der Waals surface area contributed by atoms with Gasteiger partial charge in [0, 0.05) is 17.3 Å². The third kappa shape index (κ3) is 2.78. The number of hydrogen-bond donors (Lipinski definition) is 2. The van der Waals surface area contributed by atoms with E-state index in [-0.39, 0.29) is 0 Å². The van der Waals surface area contributed by atoms with Crippen LogP contribution in [0.2, 0.25) is 0 Å². The summed E-state index contributed by atoms with van der Waals surface area (Å²) in [6.07, 6.45) is 0.980. The molecule has 0 saturated heterocycles. The lowest BCUT2D eigenvalue weighted by molar-refractivity contribution is 0.938. The minimum absolute atomic E-state index is 0.376. The number of hydrogen-bond acceptors (Lipinski definition) is 2. The van der Waals surface area contributed by atoms with Crippen molar-refractivity contribution >= 4 is 20.6 Å². The minimum atomic E-state index is 0.376. The van der Waals surface area contributed by atoms with Gasteiger partial charge in [-0.1, -0.05) is 24.3 Å². The van der Waals surface area contributed by atoms with Crippen LogP contribution < -0.4 is 11.5 Å². The van der Waals surface area contributed by atoms with Crippen LogP contribution >= 0.6 is 9.24 Å². The first-order valence-corrected chi connectivity index (χ1v) is 6.43. The molecule has 17 heavy (non-hydrogen) atoms. The Labute approximate surface area is 104 Å². The number of nitrogens with two attached hydrogens (primary N) is 2. The van der Waals surface area contributed by atoms with Crippen molar-refractivity contribution in [1.82, 2.24) is 0 Å². The summed E-state index contributed by atoms with van der Waals surface area (Å²) in [6, 6.07) is 16.1. The van der Waals surface area contributed by atoms with Crippen LogP contribution in [-0.2, 0) is 0 Å². The molecule has 0 aromatic heterocycles. The van der Waals surface area contributed by atoms with Crippen LogP contribution in [0.1, 0.15) is 17.0 Å². The summed E-state index contributed by atoms with van der Waals surface area (Å²) in [6.45, 7) is 0. The molecule has 2 aromatic rings. The smallest absolute Gasteiger partial charge is 0.0314 e. The second kappa shape index (κ2) is 5.20. The van der Waals surface area contributed by atoms with Gasteiger partial charge in [0.15, 0.2) is 0 Å². The van der Waals surface area contributed by atoms with Gasteiger partial charge in [0.05, 0.1) is 0 Å². The minimum Gasteiger partial charge on any atom is -0.399 e. The number of anilines is 2. The summed E-state index contributed by atoms with van der Waals surface area (Å²) >= 11 is 0. The maximum absolute atomic E-state index is 5.71. The van der Waals surface area contributed by atoms with Gasteiger partial charge in [0.2, 0.25) is 0 Å². The van der Waals surface area contributed by atoms with Crippen LogP contribution in [0, 0.1) is 0 Å². The Balaban J connectivity index is 2.33. The SMILES string of the molecule is Nc1ccc(C(CP)c2ccc(N)cc2)cc1. The van der Waals surface area contributed by atoms with E-state index in [0.29, 0.717) is 5.92 Å². The average molecular weight is 244 g/mol. The maximum atomic E-state index is 5.71. The Morgan fingerprint density at radius 1 is 0.765 bits per heavy atom. The molecule has 2 nitrogen and oxygen atoms in total. The maximum Gasteiger partial charge on any atom is 0.0314 e. The lowest BCUT2D eigenvalue weighted by Gasteiger charge is -2.16. The molecule has 88 valence electrons. The van der Waals surface area contributed by atoms with Gasteiger partial charge in [-0.25, -0.2) is 0 Å². The van der Waals surface area contributed by atoms with Crippen molar-refractivity contribution in [3.8, 4) is 0 Å². The first kappa shape index (κ1) is 11.9. The predicted molar refractivity (Wildman–Crippen MR) is 78.1 cm³/mol. The van der Waals surface area contributed by atoms with E-state index in [1.165, 1.54) is 11.1 Å². The standard InChI is InChI=1S/C14H17N2P/c15-12-5-1-10(2-6-12)14(9-17)11-3-7-13(16)8-4-11/h1-8,14H,9,15-17H2. The van der Waals surface area contributed by atoms with Crippen LogP contribution in [0.4, 0.5) is 11.4 Å². The van der Waals surface area contributed by atoms with Crippen LogP contribution in [0.15, 0.2) is 48.5 Å². The highest BCUT2D eigenvalue weighted by Crippen LogP contribution is 2.27. The highest BCUT2D eigenvalue weighted by atomic mass is 31.0. The van der Waals surface area contributed by atoms with Crippen LogP contribution in [0.5, 0.6) is 0 Å². The Morgan fingerprint density at radius 2 is 1.12 bits per heavy atom. The van der Waals surface area contributed by atoms with E-state index in [4.69, 9.17) is 11.5 Å². The normalized spacial score (nSPS) is 10.7. The molecule has 1 atom stereocenters. The van der Waals surface area contributed by atoms with Gasteiger partial charge in [-0.2, -0.15) is 0 Å². The van der Waals surface area contributed by atoms with Gasteiger partial charge in [0.25, 0.3) is 0 Å². The Kier molecular flexibility index (Phi) is 3.65. The van der Waals surface area contributed by atoms with E-state index in [9.17, 15) is 0 Å². The zero-order chi connectivity index (χ0) is 12.3. The van der Waals surface area contributed by atoms with Crippen molar-refractivity contribution in [2.75, 3.05) is 17.6 Å². The van der Waals surface area contributed by atoms with Crippen molar-refractivity contribution in [2.24, 2.45) is 0 Å². The number of rotatable bonds is 3. The topological polar surface area (TPSA) is 52.0 Å². The highest BCUT2D eigenvalue weighted by molar-refractivity contribution is 7.16. The van der Waals surface area contributed by atoms with E-state index in [2.05, 4.69) is 33.5 Å². The highest BCUT2D eigenvalue weighted by Gasteiger charge is 2.11. The van der Waals surface area contributed by atoms with Crippen molar-refractivity contribution < 1.29 is 0 Å². The Morgan fingerprint density at radius 3 is 1.41 bits per heavy atom. The van der Waals surface area contributed by atoms with Crippen LogP contribution in [-0.4, -0.2) is 6.16 Å². The van der Waals surface area contributed by atoms with Crippen LogP contribution in [0.3, 0.4) is 0 Å². The van der Waals surface area contributed by atoms with Gasteiger partial charge < -0.3 is 11.5 Å². The molecule has 0 fully saturated rings. The molecule has 0 bridgehead atoms. The molecule has 0 heterocycles. The second-order valence-electron chi connectivity index (χ2n) is 4.12. The van der Waals surface area contributed by atoms with E-state index in [1.54, 1.807) is 0 Å². The molecule has 0 saturated carbocycles. The second-order valence-corrected chi connectivity index (χ2v) is 4.59.